The number of unbranched alkanes of at least 4 members (excludes halogenated alkanes) is 25. The van der Waals surface area contributed by atoms with E-state index in [0.717, 1.165) is 44.9 Å². The number of quaternary nitrogens is 1. The SMILES string of the molecule is CCCCC/C=C/C/C=C/C/C=C/CCCCC(=O)OC[C@H](COP(=O)(O)OCC[N+](C)(C)C)OC(=O)CCCCCCCCCCCCCCCCCCCCCCC. The standard InChI is InChI=1S/C50H94NO8P/c1-6-8-10-12-14-16-18-20-22-23-24-25-26-27-29-31-33-35-37-39-41-43-50(53)59-48(47-58-60(54,55)57-45-44-51(3,4)5)46-56-49(52)42-40-38-36-34-32-30-28-21-19-17-15-13-11-9-7-2/h15,17,21,28,32,34,48H,6-14,16,18-20,22-27,29-31,33,35-47H2,1-5H3/p+1/b17-15+,28-21+,34-32+/t48-/m1/s1. The number of phosphoric ester groups is 1. The van der Waals surface area contributed by atoms with E-state index < -0.39 is 32.5 Å². The van der Waals surface area contributed by atoms with Gasteiger partial charge in [-0.2, -0.15) is 0 Å². The molecule has 0 fully saturated rings. The minimum atomic E-state index is -4.38. The number of nitrogens with zero attached hydrogens (tertiary/aromatic N) is 1. The number of hydrogen-bond donors (Lipinski definition) is 1. The van der Waals surface area contributed by atoms with Crippen LogP contribution in [0.15, 0.2) is 36.5 Å². The third kappa shape index (κ3) is 45.7. The van der Waals surface area contributed by atoms with Gasteiger partial charge in [0.1, 0.15) is 19.8 Å². The molecule has 2 atom stereocenters. The van der Waals surface area contributed by atoms with Crippen molar-refractivity contribution in [3.05, 3.63) is 36.5 Å². The first-order valence-corrected chi connectivity index (χ1v) is 26.2. The van der Waals surface area contributed by atoms with Gasteiger partial charge >= 0.3 is 19.8 Å². The van der Waals surface area contributed by atoms with E-state index in [9.17, 15) is 19.0 Å². The molecule has 0 spiro atoms. The van der Waals surface area contributed by atoms with Crippen LogP contribution in [0.25, 0.3) is 0 Å². The van der Waals surface area contributed by atoms with Gasteiger partial charge in [0, 0.05) is 12.8 Å². The Morgan fingerprint density at radius 2 is 0.900 bits per heavy atom. The fourth-order valence-electron chi connectivity index (χ4n) is 6.79. The van der Waals surface area contributed by atoms with Crippen molar-refractivity contribution in [2.75, 3.05) is 47.5 Å². The summed E-state index contributed by atoms with van der Waals surface area (Å²) in [6.07, 6.45) is 49.2. The van der Waals surface area contributed by atoms with Crippen LogP contribution >= 0.6 is 7.82 Å². The molecule has 0 saturated heterocycles. The van der Waals surface area contributed by atoms with E-state index in [4.69, 9.17) is 18.5 Å². The largest absolute Gasteiger partial charge is 0.472 e. The van der Waals surface area contributed by atoms with E-state index in [1.807, 2.05) is 21.1 Å². The molecule has 0 bridgehead atoms. The molecule has 1 unspecified atom stereocenters. The second-order valence-electron chi connectivity index (χ2n) is 17.9. The van der Waals surface area contributed by atoms with Gasteiger partial charge in [-0.05, 0) is 51.4 Å². The molecule has 352 valence electrons. The van der Waals surface area contributed by atoms with Crippen molar-refractivity contribution in [2.24, 2.45) is 0 Å². The van der Waals surface area contributed by atoms with Gasteiger partial charge in [-0.1, -0.05) is 192 Å². The van der Waals surface area contributed by atoms with E-state index in [0.29, 0.717) is 23.9 Å². The van der Waals surface area contributed by atoms with Crippen LogP contribution in [0, 0.1) is 0 Å². The molecule has 1 N–H and O–H groups in total. The molecule has 0 saturated carbocycles. The van der Waals surface area contributed by atoms with Gasteiger partial charge in [-0.3, -0.25) is 18.6 Å². The number of hydrogen-bond acceptors (Lipinski definition) is 7. The molecule has 0 aliphatic heterocycles. The molecule has 0 aromatic rings. The van der Waals surface area contributed by atoms with E-state index in [-0.39, 0.29) is 26.1 Å². The van der Waals surface area contributed by atoms with Crippen LogP contribution in [0.2, 0.25) is 0 Å². The quantitative estimate of drug-likeness (QED) is 0.0212. The summed E-state index contributed by atoms with van der Waals surface area (Å²) in [4.78, 5) is 35.5. The predicted molar refractivity (Wildman–Crippen MR) is 252 cm³/mol. The lowest BCUT2D eigenvalue weighted by Crippen LogP contribution is -2.37. The Morgan fingerprint density at radius 1 is 0.517 bits per heavy atom. The minimum Gasteiger partial charge on any atom is -0.462 e. The lowest BCUT2D eigenvalue weighted by Gasteiger charge is -2.24. The number of carbonyl (C=O) groups excluding carboxylic acids is 2. The summed E-state index contributed by atoms with van der Waals surface area (Å²) in [7, 11) is 1.46. The molecular weight excluding hydrogens is 774 g/mol. The van der Waals surface area contributed by atoms with Crippen LogP contribution in [0.1, 0.15) is 219 Å². The smallest absolute Gasteiger partial charge is 0.462 e. The van der Waals surface area contributed by atoms with Crippen LogP contribution in [0.4, 0.5) is 0 Å². The summed E-state index contributed by atoms with van der Waals surface area (Å²) in [6.45, 7) is 4.38. The van der Waals surface area contributed by atoms with E-state index in [1.54, 1.807) is 0 Å². The highest BCUT2D eigenvalue weighted by Gasteiger charge is 2.27. The predicted octanol–water partition coefficient (Wildman–Crippen LogP) is 14.5. The molecule has 0 aliphatic carbocycles. The molecule has 0 aromatic heterocycles. The minimum absolute atomic E-state index is 0.0267. The maximum absolute atomic E-state index is 12.7. The first kappa shape index (κ1) is 58.2. The van der Waals surface area contributed by atoms with Gasteiger partial charge in [-0.15, -0.1) is 0 Å². The maximum Gasteiger partial charge on any atom is 0.472 e. The molecule has 0 heterocycles. The third-order valence-corrected chi connectivity index (χ3v) is 11.7. The Kier molecular flexibility index (Phi) is 41.3. The molecule has 0 amide bonds. The van der Waals surface area contributed by atoms with Crippen molar-refractivity contribution in [3.63, 3.8) is 0 Å². The van der Waals surface area contributed by atoms with Crippen molar-refractivity contribution < 1.29 is 42.1 Å². The number of ether oxygens (including phenoxy) is 2. The fourth-order valence-corrected chi connectivity index (χ4v) is 7.53. The Labute approximate surface area is 370 Å². The van der Waals surface area contributed by atoms with Crippen molar-refractivity contribution in [1.82, 2.24) is 0 Å². The highest BCUT2D eigenvalue weighted by atomic mass is 31.2. The number of phosphoric acid groups is 1. The number of rotatable bonds is 45. The molecule has 9 nitrogen and oxygen atoms in total. The zero-order valence-corrected chi connectivity index (χ0v) is 40.6. The first-order chi connectivity index (χ1) is 29.0. The maximum atomic E-state index is 12.7. The Balaban J connectivity index is 4.28. The lowest BCUT2D eigenvalue weighted by molar-refractivity contribution is -0.870. The van der Waals surface area contributed by atoms with Crippen LogP contribution in [0.5, 0.6) is 0 Å². The molecule has 0 aromatic carbocycles. The third-order valence-electron chi connectivity index (χ3n) is 10.7. The van der Waals surface area contributed by atoms with E-state index in [2.05, 4.69) is 50.3 Å². The summed E-state index contributed by atoms with van der Waals surface area (Å²) in [5, 5.41) is 0. The molecule has 60 heavy (non-hydrogen) atoms. The summed E-state index contributed by atoms with van der Waals surface area (Å²) in [6, 6.07) is 0. The van der Waals surface area contributed by atoms with Gasteiger partial charge in [0.25, 0.3) is 0 Å². The molecule has 10 heteroatoms. The monoisotopic (exact) mass is 869 g/mol. The first-order valence-electron chi connectivity index (χ1n) is 24.7. The highest BCUT2D eigenvalue weighted by Crippen LogP contribution is 2.43. The van der Waals surface area contributed by atoms with Gasteiger partial charge in [0.05, 0.1) is 27.7 Å². The molecule has 0 aliphatic rings. The van der Waals surface area contributed by atoms with Crippen molar-refractivity contribution in [1.29, 1.82) is 0 Å². The summed E-state index contributed by atoms with van der Waals surface area (Å²) in [5.74, 6) is -0.835. The Hall–Kier alpha value is -1.77. The fraction of sp³-hybridized carbons (Fsp3) is 0.840. The Morgan fingerprint density at radius 3 is 1.37 bits per heavy atom. The van der Waals surface area contributed by atoms with Gasteiger partial charge < -0.3 is 18.9 Å². The van der Waals surface area contributed by atoms with E-state index in [1.165, 1.54) is 135 Å². The lowest BCUT2D eigenvalue weighted by atomic mass is 10.0. The van der Waals surface area contributed by atoms with Crippen molar-refractivity contribution in [3.8, 4) is 0 Å². The number of esters is 2. The average Bonchev–Trinajstić information content (AvgIpc) is 3.20. The summed E-state index contributed by atoms with van der Waals surface area (Å²) in [5.41, 5.74) is 0. The van der Waals surface area contributed by atoms with Gasteiger partial charge in [0.15, 0.2) is 6.10 Å². The zero-order valence-electron chi connectivity index (χ0n) is 39.7. The zero-order chi connectivity index (χ0) is 44.3. The van der Waals surface area contributed by atoms with E-state index >= 15 is 0 Å². The second kappa shape index (κ2) is 42.5. The summed E-state index contributed by atoms with van der Waals surface area (Å²) < 4.78 is 34.4. The number of carbonyl (C=O) groups is 2. The average molecular weight is 869 g/mol. The van der Waals surface area contributed by atoms with Crippen LogP contribution < -0.4 is 0 Å². The van der Waals surface area contributed by atoms with Crippen LogP contribution in [-0.4, -0.2) is 74.9 Å². The topological polar surface area (TPSA) is 108 Å². The number of likely N-dealkylation sites (N-methyl/N-ethyl adjacent to an activating group) is 1. The number of allylic oxidation sites excluding steroid dienone is 6. The molecule has 0 rings (SSSR count). The van der Waals surface area contributed by atoms with Crippen LogP contribution in [0.3, 0.4) is 0 Å². The highest BCUT2D eigenvalue weighted by molar-refractivity contribution is 7.47. The van der Waals surface area contributed by atoms with Crippen LogP contribution in [-0.2, 0) is 32.7 Å². The second-order valence-corrected chi connectivity index (χ2v) is 19.3. The van der Waals surface area contributed by atoms with Gasteiger partial charge in [0.2, 0.25) is 0 Å². The van der Waals surface area contributed by atoms with Gasteiger partial charge in [-0.25, -0.2) is 4.57 Å². The summed E-state index contributed by atoms with van der Waals surface area (Å²) >= 11 is 0. The molecule has 0 radical (unpaired) electrons. The van der Waals surface area contributed by atoms with Crippen molar-refractivity contribution >= 4 is 19.8 Å². The normalized spacial score (nSPS) is 13.8. The Bertz CT molecular complexity index is 1120. The van der Waals surface area contributed by atoms with Crippen molar-refractivity contribution in [2.45, 2.75) is 225 Å². The molecular formula is C50H95NO8P+.